The number of aromatic nitrogens is 1. The van der Waals surface area contributed by atoms with Crippen molar-refractivity contribution in [2.24, 2.45) is 5.73 Å². The van der Waals surface area contributed by atoms with E-state index in [9.17, 15) is 23.2 Å². The summed E-state index contributed by atoms with van der Waals surface area (Å²) >= 11 is 0. The van der Waals surface area contributed by atoms with Crippen molar-refractivity contribution in [1.82, 2.24) is 4.98 Å². The van der Waals surface area contributed by atoms with Crippen molar-refractivity contribution in [3.63, 3.8) is 0 Å². The van der Waals surface area contributed by atoms with Crippen LogP contribution in [0.5, 0.6) is 0 Å². The largest absolute Gasteiger partial charge is 0.433 e. The molecule has 1 aliphatic carbocycles. The van der Waals surface area contributed by atoms with Crippen LogP contribution < -0.4 is 5.73 Å². The molecule has 0 saturated heterocycles. The van der Waals surface area contributed by atoms with Gasteiger partial charge in [-0.05, 0) is 35.1 Å². The quantitative estimate of drug-likeness (QED) is 0.888. The lowest BCUT2D eigenvalue weighted by Gasteiger charge is -2.26. The summed E-state index contributed by atoms with van der Waals surface area (Å²) in [5.74, 6) is -0.918. The Morgan fingerprint density at radius 2 is 1.81 bits per heavy atom. The van der Waals surface area contributed by atoms with Crippen LogP contribution in [0.2, 0.25) is 0 Å². The zero-order chi connectivity index (χ0) is 19.3. The minimum absolute atomic E-state index is 0.174. The van der Waals surface area contributed by atoms with Crippen LogP contribution in [-0.4, -0.2) is 10.9 Å². The smallest absolute Gasteiger partial charge is 0.366 e. The number of hydrogen-bond acceptors (Lipinski definition) is 3. The predicted octanol–water partition coefficient (Wildman–Crippen LogP) is 3.69. The first-order valence-corrected chi connectivity index (χ1v) is 7.93. The first-order valence-electron chi connectivity index (χ1n) is 7.93. The van der Waals surface area contributed by atoms with Crippen molar-refractivity contribution in [1.29, 1.82) is 5.26 Å². The van der Waals surface area contributed by atoms with E-state index in [4.69, 9.17) is 5.73 Å². The van der Waals surface area contributed by atoms with E-state index in [0.717, 1.165) is 11.6 Å². The summed E-state index contributed by atoms with van der Waals surface area (Å²) < 4.78 is 39.6. The molecule has 1 unspecified atom stereocenters. The highest BCUT2D eigenvalue weighted by Crippen LogP contribution is 2.53. The third-order valence-electron chi connectivity index (χ3n) is 4.87. The topological polar surface area (TPSA) is 79.8 Å². The van der Waals surface area contributed by atoms with Crippen molar-refractivity contribution in [3.8, 4) is 6.07 Å². The second kappa shape index (κ2) is 5.56. The van der Waals surface area contributed by atoms with Crippen molar-refractivity contribution < 1.29 is 18.0 Å². The van der Waals surface area contributed by atoms with E-state index in [0.29, 0.717) is 11.6 Å². The molecule has 2 aromatic rings. The summed E-state index contributed by atoms with van der Waals surface area (Å²) in [5, 5.41) is 10.0. The zero-order valence-corrected chi connectivity index (χ0v) is 14.2. The Bertz CT molecular complexity index is 944. The zero-order valence-electron chi connectivity index (χ0n) is 14.2. The average molecular weight is 359 g/mol. The lowest BCUT2D eigenvalue weighted by atomic mass is 9.75. The molecule has 134 valence electrons. The molecule has 1 amide bonds. The van der Waals surface area contributed by atoms with E-state index >= 15 is 0 Å². The highest BCUT2D eigenvalue weighted by atomic mass is 19.4. The first kappa shape index (κ1) is 17.9. The molecule has 1 atom stereocenters. The molecule has 7 heteroatoms. The number of benzene rings is 1. The fraction of sp³-hybridized carbons (Fsp3) is 0.316. The number of hydrogen-bond donors (Lipinski definition) is 1. The van der Waals surface area contributed by atoms with Gasteiger partial charge in [0.2, 0.25) is 0 Å². The summed E-state index contributed by atoms with van der Waals surface area (Å²) in [4.78, 5) is 15.6. The summed E-state index contributed by atoms with van der Waals surface area (Å²) in [6.45, 7) is 3.81. The number of carbonyl (C=O) groups excluding carboxylic acids is 1. The van der Waals surface area contributed by atoms with Crippen LogP contribution in [0, 0.1) is 11.3 Å². The second-order valence-electron chi connectivity index (χ2n) is 7.08. The Balaban J connectivity index is 2.38. The molecule has 1 aromatic carbocycles. The summed E-state index contributed by atoms with van der Waals surface area (Å²) in [5.41, 5.74) is 3.25. The molecule has 0 fully saturated rings. The molecule has 0 saturated carbocycles. The lowest BCUT2D eigenvalue weighted by Crippen LogP contribution is -2.31. The molecule has 2 N–H and O–H groups in total. The molecule has 1 heterocycles. The maximum atomic E-state index is 13.2. The van der Waals surface area contributed by atoms with Crippen molar-refractivity contribution in [2.45, 2.75) is 37.3 Å². The minimum atomic E-state index is -4.70. The molecule has 0 bridgehead atoms. The Morgan fingerprint density at radius 1 is 1.19 bits per heavy atom. The molecule has 3 rings (SSSR count). The molecular formula is C19H16F3N3O. The van der Waals surface area contributed by atoms with Crippen LogP contribution in [0.1, 0.15) is 53.1 Å². The predicted molar refractivity (Wildman–Crippen MR) is 88.2 cm³/mol. The van der Waals surface area contributed by atoms with E-state index in [-0.39, 0.29) is 17.7 Å². The Kier molecular flexibility index (Phi) is 3.83. The number of nitrogens with zero attached hydrogens (tertiary/aromatic N) is 2. The van der Waals surface area contributed by atoms with Gasteiger partial charge in [-0.15, -0.1) is 0 Å². The van der Waals surface area contributed by atoms with Gasteiger partial charge in [0.25, 0.3) is 5.91 Å². The van der Waals surface area contributed by atoms with Gasteiger partial charge in [-0.25, -0.2) is 4.98 Å². The van der Waals surface area contributed by atoms with Gasteiger partial charge < -0.3 is 5.73 Å². The summed E-state index contributed by atoms with van der Waals surface area (Å²) in [6.07, 6.45) is -4.50. The van der Waals surface area contributed by atoms with Crippen LogP contribution in [-0.2, 0) is 17.0 Å². The van der Waals surface area contributed by atoms with Crippen LogP contribution in [0.25, 0.3) is 0 Å². The van der Waals surface area contributed by atoms with Crippen LogP contribution in [0.15, 0.2) is 36.4 Å². The number of nitrogens with two attached hydrogens (primary N) is 1. The number of rotatable bonds is 2. The van der Waals surface area contributed by atoms with Gasteiger partial charge in [0.05, 0.1) is 17.3 Å². The standard InChI is InChI=1S/C19H16F3N3O/c1-17(2)9-18(10-23,13-6-4-3-5-12(13)17)15-11(16(24)26)7-8-14(25-15)19(20,21)22/h3-8H,9H2,1-2H3,(H2,24,26). The maximum absolute atomic E-state index is 13.2. The molecule has 4 nitrogen and oxygen atoms in total. The third kappa shape index (κ3) is 2.53. The monoisotopic (exact) mass is 359 g/mol. The number of alkyl halides is 3. The number of fused-ring (bicyclic) bond motifs is 1. The van der Waals surface area contributed by atoms with E-state index in [1.165, 1.54) is 0 Å². The van der Waals surface area contributed by atoms with Gasteiger partial charge in [-0.1, -0.05) is 38.1 Å². The number of pyridine rings is 1. The van der Waals surface area contributed by atoms with Crippen LogP contribution in [0.4, 0.5) is 13.2 Å². The number of amides is 1. The number of halogens is 3. The fourth-order valence-corrected chi connectivity index (χ4v) is 3.80. The Morgan fingerprint density at radius 3 is 2.35 bits per heavy atom. The highest BCUT2D eigenvalue weighted by Gasteiger charge is 2.52. The Hall–Kier alpha value is -2.88. The van der Waals surface area contributed by atoms with Gasteiger partial charge in [0.15, 0.2) is 0 Å². The van der Waals surface area contributed by atoms with E-state index in [1.54, 1.807) is 12.1 Å². The average Bonchev–Trinajstić information content (AvgIpc) is 2.82. The first-order chi connectivity index (χ1) is 12.0. The van der Waals surface area contributed by atoms with Gasteiger partial charge in [-0.3, -0.25) is 4.79 Å². The van der Waals surface area contributed by atoms with Crippen molar-refractivity contribution in [2.75, 3.05) is 0 Å². The fourth-order valence-electron chi connectivity index (χ4n) is 3.80. The minimum Gasteiger partial charge on any atom is -0.366 e. The van der Waals surface area contributed by atoms with Crippen LogP contribution in [0.3, 0.4) is 0 Å². The second-order valence-corrected chi connectivity index (χ2v) is 7.08. The van der Waals surface area contributed by atoms with Gasteiger partial charge >= 0.3 is 6.18 Å². The van der Waals surface area contributed by atoms with Gasteiger partial charge in [-0.2, -0.15) is 18.4 Å². The molecule has 0 aliphatic heterocycles. The molecule has 1 aliphatic rings. The molecule has 26 heavy (non-hydrogen) atoms. The molecule has 1 aromatic heterocycles. The molecule has 0 radical (unpaired) electrons. The van der Waals surface area contributed by atoms with E-state index in [1.807, 2.05) is 26.0 Å². The number of carbonyl (C=O) groups is 1. The van der Waals surface area contributed by atoms with E-state index in [2.05, 4.69) is 11.1 Å². The Labute approximate surface area is 148 Å². The highest BCUT2D eigenvalue weighted by molar-refractivity contribution is 5.95. The number of nitriles is 1. The van der Waals surface area contributed by atoms with E-state index < -0.39 is 28.6 Å². The van der Waals surface area contributed by atoms with Gasteiger partial charge in [0, 0.05) is 0 Å². The SMILES string of the molecule is CC1(C)CC(C#N)(c2nc(C(F)(F)F)ccc2C(N)=O)c2ccccc21. The molecular weight excluding hydrogens is 343 g/mol. The maximum Gasteiger partial charge on any atom is 0.433 e. The molecule has 0 spiro atoms. The lowest BCUT2D eigenvalue weighted by molar-refractivity contribution is -0.141. The summed E-state index contributed by atoms with van der Waals surface area (Å²) in [6, 6.07) is 10.9. The van der Waals surface area contributed by atoms with Gasteiger partial charge in [0.1, 0.15) is 11.1 Å². The summed E-state index contributed by atoms with van der Waals surface area (Å²) in [7, 11) is 0. The van der Waals surface area contributed by atoms with Crippen molar-refractivity contribution >= 4 is 5.91 Å². The third-order valence-corrected chi connectivity index (χ3v) is 4.87. The normalized spacial score (nSPS) is 21.1. The number of primary amides is 1. The van der Waals surface area contributed by atoms with Crippen LogP contribution >= 0.6 is 0 Å². The van der Waals surface area contributed by atoms with Crippen molar-refractivity contribution in [3.05, 3.63) is 64.5 Å².